The van der Waals surface area contributed by atoms with Crippen LogP contribution in [0.4, 0.5) is 0 Å². The molecule has 1 saturated carbocycles. The number of rotatable bonds is 0. The third kappa shape index (κ3) is 1.00. The molecule has 4 nitrogen and oxygen atoms in total. The van der Waals surface area contributed by atoms with E-state index in [4.69, 9.17) is 4.74 Å². The zero-order valence-electron chi connectivity index (χ0n) is 8.11. The van der Waals surface area contributed by atoms with Gasteiger partial charge in [0, 0.05) is 19.3 Å². The summed E-state index contributed by atoms with van der Waals surface area (Å²) in [4.78, 5) is 11.6. The van der Waals surface area contributed by atoms with Gasteiger partial charge in [0.15, 0.2) is 0 Å². The Hall–Kier alpha value is -0.770. The normalized spacial score (nSPS) is 46.6. The summed E-state index contributed by atoms with van der Waals surface area (Å²) < 4.78 is 6.98. The van der Waals surface area contributed by atoms with E-state index in [0.29, 0.717) is 6.42 Å². The Kier molecular flexibility index (Phi) is 1.60. The second-order valence-electron chi connectivity index (χ2n) is 4.77. The molecule has 0 N–H and O–H groups in total. The molecule has 1 unspecified atom stereocenters. The predicted octanol–water partition coefficient (Wildman–Crippen LogP) is 1.07. The average molecular weight is 194 g/mol. The molecule has 76 valence electrons. The van der Waals surface area contributed by atoms with Crippen LogP contribution in [0.1, 0.15) is 32.1 Å². The lowest BCUT2D eigenvalue weighted by Gasteiger charge is -2.36. The van der Waals surface area contributed by atoms with Crippen molar-refractivity contribution in [3.05, 3.63) is 5.53 Å². The van der Waals surface area contributed by atoms with E-state index in [1.54, 1.807) is 0 Å². The smallest absolute Gasteiger partial charge is 0.224 e. The number of fused-ring (bicyclic) bond motifs is 2. The van der Waals surface area contributed by atoms with Gasteiger partial charge < -0.3 is 15.0 Å². The van der Waals surface area contributed by atoms with Gasteiger partial charge in [0.1, 0.15) is 12.6 Å². The number of hydrogen-bond acceptors (Lipinski definition) is 2. The molecule has 4 rings (SSSR count). The van der Waals surface area contributed by atoms with Gasteiger partial charge in [0.25, 0.3) is 0 Å². The van der Waals surface area contributed by atoms with Crippen molar-refractivity contribution in [1.82, 2.24) is 0 Å². The summed E-state index contributed by atoms with van der Waals surface area (Å²) in [5.41, 5.74) is 9.82. The minimum Gasteiger partial charge on any atom is -0.506 e. The topological polar surface area (TPSA) is 51.6 Å². The minimum atomic E-state index is -0.293. The van der Waals surface area contributed by atoms with Crippen molar-refractivity contribution in [2.45, 2.75) is 49.8 Å². The maximum Gasteiger partial charge on any atom is 0.224 e. The average Bonchev–Trinajstić information content (AvgIpc) is 2.39. The molecule has 4 aliphatic rings. The van der Waals surface area contributed by atoms with Crippen LogP contribution in [-0.4, -0.2) is 34.8 Å². The Balaban J connectivity index is 2.03. The first kappa shape index (κ1) is 8.53. The first-order valence-corrected chi connectivity index (χ1v) is 5.34. The van der Waals surface area contributed by atoms with Gasteiger partial charge in [-0.3, -0.25) is 4.79 Å². The Morgan fingerprint density at radius 1 is 1.43 bits per heavy atom. The molecular weight excluding hydrogens is 180 g/mol. The van der Waals surface area contributed by atoms with Gasteiger partial charge in [-0.15, -0.1) is 0 Å². The van der Waals surface area contributed by atoms with Crippen molar-refractivity contribution in [2.75, 3.05) is 6.61 Å². The van der Waals surface area contributed by atoms with E-state index in [0.717, 1.165) is 25.7 Å². The number of nitrogens with zero attached hydrogens (tertiary/aromatic N) is 2. The number of ketones is 1. The van der Waals surface area contributed by atoms with Gasteiger partial charge in [-0.2, -0.15) is 0 Å². The van der Waals surface area contributed by atoms with Gasteiger partial charge in [-0.25, -0.2) is 0 Å². The lowest BCUT2D eigenvalue weighted by molar-refractivity contribution is -0.606. The summed E-state index contributed by atoms with van der Waals surface area (Å²) in [6.45, 7) is 0.189. The number of carbonyl (C=O) groups excluding carboxylic acids is 1. The summed E-state index contributed by atoms with van der Waals surface area (Å²) in [7, 11) is 0. The van der Waals surface area contributed by atoms with E-state index in [-0.39, 0.29) is 30.1 Å². The Labute approximate surface area is 82.7 Å². The highest BCUT2D eigenvalue weighted by Gasteiger charge is 2.52. The van der Waals surface area contributed by atoms with Crippen molar-refractivity contribution in [1.29, 1.82) is 0 Å². The maximum atomic E-state index is 11.6. The summed E-state index contributed by atoms with van der Waals surface area (Å²) in [6.07, 6.45) is 4.61. The van der Waals surface area contributed by atoms with Crippen LogP contribution in [-0.2, 0) is 9.53 Å². The van der Waals surface area contributed by atoms with E-state index >= 15 is 0 Å². The monoisotopic (exact) mass is 194 g/mol. The molecule has 1 aliphatic carbocycles. The van der Waals surface area contributed by atoms with Crippen LogP contribution < -0.4 is 0 Å². The van der Waals surface area contributed by atoms with Crippen LogP contribution in [0.15, 0.2) is 0 Å². The second kappa shape index (κ2) is 2.63. The third-order valence-electron chi connectivity index (χ3n) is 4.02. The van der Waals surface area contributed by atoms with E-state index in [1.165, 1.54) is 4.70 Å². The van der Waals surface area contributed by atoms with Gasteiger partial charge in [-0.05, 0) is 12.8 Å². The van der Waals surface area contributed by atoms with Crippen LogP contribution in [0.3, 0.4) is 0 Å². The van der Waals surface area contributed by atoms with Crippen molar-refractivity contribution >= 4 is 5.78 Å². The molecule has 0 radical (unpaired) electrons. The van der Waals surface area contributed by atoms with E-state index in [1.807, 2.05) is 0 Å². The van der Waals surface area contributed by atoms with E-state index < -0.39 is 0 Å². The zero-order chi connectivity index (χ0) is 9.76. The molecule has 3 saturated heterocycles. The Morgan fingerprint density at radius 3 is 2.86 bits per heavy atom. The molecular formula is C10H14N2O2. The molecule has 1 atom stereocenters. The number of hydrogen-bond donors (Lipinski definition) is 0. The van der Waals surface area contributed by atoms with Crippen LogP contribution in [0.2, 0.25) is 0 Å². The summed E-state index contributed by atoms with van der Waals surface area (Å²) in [5, 5.41) is 0. The van der Waals surface area contributed by atoms with Crippen LogP contribution >= 0.6 is 0 Å². The fraction of sp³-hybridized carbons (Fsp3) is 0.900. The predicted molar refractivity (Wildman–Crippen MR) is 48.0 cm³/mol. The largest absolute Gasteiger partial charge is 0.506 e. The lowest BCUT2D eigenvalue weighted by Crippen LogP contribution is -2.47. The fourth-order valence-electron chi connectivity index (χ4n) is 3.08. The van der Waals surface area contributed by atoms with Crippen LogP contribution in [0.5, 0.6) is 0 Å². The summed E-state index contributed by atoms with van der Waals surface area (Å²) >= 11 is 0. The number of carbonyl (C=O) groups is 1. The first-order valence-electron chi connectivity index (χ1n) is 5.34. The van der Waals surface area contributed by atoms with Crippen LogP contribution in [0.25, 0.3) is 5.53 Å². The van der Waals surface area contributed by atoms with Gasteiger partial charge in [-0.1, -0.05) is 0 Å². The first-order chi connectivity index (χ1) is 6.70. The molecule has 3 heterocycles. The number of ether oxygens (including phenoxy) is 1. The fourth-order valence-corrected chi connectivity index (χ4v) is 3.08. The molecule has 3 aliphatic heterocycles. The molecule has 1 spiro atoms. The lowest BCUT2D eigenvalue weighted by atomic mass is 9.80. The van der Waals surface area contributed by atoms with Gasteiger partial charge >= 0.3 is 0 Å². The molecule has 0 amide bonds. The molecule has 4 fully saturated rings. The summed E-state index contributed by atoms with van der Waals surface area (Å²) in [5.74, 6) is 0.0388. The molecule has 4 heteroatoms. The Morgan fingerprint density at radius 2 is 2.14 bits per heavy atom. The van der Waals surface area contributed by atoms with Crippen LogP contribution in [0, 0.1) is 0 Å². The van der Waals surface area contributed by atoms with Gasteiger partial charge in [0.05, 0.1) is 5.60 Å². The SMILES string of the molecule is [N-]=[N+]1C2CCC3(CC2)CC1C(=O)CO3. The van der Waals surface area contributed by atoms with Crippen molar-refractivity contribution in [3.63, 3.8) is 0 Å². The highest BCUT2D eigenvalue weighted by atomic mass is 16.5. The van der Waals surface area contributed by atoms with E-state index in [2.05, 4.69) is 0 Å². The maximum absolute atomic E-state index is 11.6. The number of Topliss-reactive ketones (excluding diaryl/α,β-unsaturated/α-hetero) is 1. The molecule has 0 aromatic carbocycles. The molecule has 3 bridgehead atoms. The molecule has 14 heavy (non-hydrogen) atoms. The minimum absolute atomic E-state index is 0.0388. The van der Waals surface area contributed by atoms with Gasteiger partial charge in [0.2, 0.25) is 11.8 Å². The second-order valence-corrected chi connectivity index (χ2v) is 4.77. The quantitative estimate of drug-likeness (QED) is 0.542. The Bertz CT molecular complexity index is 305. The standard InChI is InChI=1S/C10H14N2O2/c11-12-7-1-3-10(4-2-7)5-8(12)9(13)6-14-10/h7-8H,1-6H2. The third-order valence-corrected chi connectivity index (χ3v) is 4.02. The van der Waals surface area contributed by atoms with Crippen molar-refractivity contribution in [2.24, 2.45) is 0 Å². The van der Waals surface area contributed by atoms with Crippen molar-refractivity contribution < 1.29 is 14.2 Å². The van der Waals surface area contributed by atoms with E-state index in [9.17, 15) is 10.3 Å². The highest BCUT2D eigenvalue weighted by Crippen LogP contribution is 2.43. The molecule has 0 aromatic heterocycles. The zero-order valence-corrected chi connectivity index (χ0v) is 8.11. The molecule has 0 aromatic rings. The summed E-state index contributed by atoms with van der Waals surface area (Å²) in [6, 6.07) is -0.111. The highest BCUT2D eigenvalue weighted by molar-refractivity contribution is 5.84. The van der Waals surface area contributed by atoms with Crippen molar-refractivity contribution in [3.8, 4) is 0 Å².